The van der Waals surface area contributed by atoms with Crippen LogP contribution in [0.25, 0.3) is 0 Å². The van der Waals surface area contributed by atoms with Crippen LogP contribution in [-0.4, -0.2) is 78.6 Å². The normalized spacial score (nSPS) is 21.0. The molecule has 0 aromatic carbocycles. The third-order valence-electron chi connectivity index (χ3n) is 3.15. The van der Waals surface area contributed by atoms with Gasteiger partial charge in [0.25, 0.3) is 0 Å². The standard InChI is InChI=1S/C11H21N3O3/c1-12-6-4-5-9(7-12)14(3)11(17)13(2)8-10(15)16/h9H,4-8H2,1-3H3,(H,15,16). The molecule has 1 atom stereocenters. The van der Waals surface area contributed by atoms with Crippen molar-refractivity contribution in [3.05, 3.63) is 0 Å². The number of carboxylic acids is 1. The largest absolute Gasteiger partial charge is 0.480 e. The number of carboxylic acid groups (broad SMARTS) is 1. The summed E-state index contributed by atoms with van der Waals surface area (Å²) in [5.41, 5.74) is 0. The van der Waals surface area contributed by atoms with Gasteiger partial charge in [0.2, 0.25) is 0 Å². The minimum atomic E-state index is -0.991. The average Bonchev–Trinajstić information content (AvgIpc) is 2.26. The zero-order valence-electron chi connectivity index (χ0n) is 10.7. The van der Waals surface area contributed by atoms with Crippen molar-refractivity contribution in [2.45, 2.75) is 18.9 Å². The molecule has 0 aromatic heterocycles. The fraction of sp³-hybridized carbons (Fsp3) is 0.818. The van der Waals surface area contributed by atoms with Gasteiger partial charge in [0.15, 0.2) is 0 Å². The Morgan fingerprint density at radius 2 is 2.06 bits per heavy atom. The van der Waals surface area contributed by atoms with Crippen molar-refractivity contribution in [3.63, 3.8) is 0 Å². The number of hydrogen-bond acceptors (Lipinski definition) is 3. The van der Waals surface area contributed by atoms with Gasteiger partial charge < -0.3 is 19.8 Å². The van der Waals surface area contributed by atoms with Crippen LogP contribution in [0.2, 0.25) is 0 Å². The van der Waals surface area contributed by atoms with Crippen LogP contribution in [0.5, 0.6) is 0 Å². The topological polar surface area (TPSA) is 64.1 Å². The highest BCUT2D eigenvalue weighted by Gasteiger charge is 2.26. The Balaban J connectivity index is 2.53. The Morgan fingerprint density at radius 1 is 1.41 bits per heavy atom. The van der Waals surface area contributed by atoms with Crippen LogP contribution in [0, 0.1) is 0 Å². The Hall–Kier alpha value is -1.30. The predicted molar refractivity (Wildman–Crippen MR) is 63.9 cm³/mol. The molecule has 1 N–H and O–H groups in total. The molecule has 1 aliphatic rings. The second kappa shape index (κ2) is 5.86. The van der Waals surface area contributed by atoms with Gasteiger partial charge in [-0.3, -0.25) is 4.79 Å². The van der Waals surface area contributed by atoms with E-state index >= 15 is 0 Å². The van der Waals surface area contributed by atoms with Crippen LogP contribution in [0.4, 0.5) is 4.79 Å². The maximum Gasteiger partial charge on any atom is 0.323 e. The van der Waals surface area contributed by atoms with Gasteiger partial charge in [-0.05, 0) is 26.4 Å². The molecule has 6 nitrogen and oxygen atoms in total. The fourth-order valence-corrected chi connectivity index (χ4v) is 2.15. The minimum absolute atomic E-state index is 0.178. The number of nitrogens with zero attached hydrogens (tertiary/aromatic N) is 3. The number of likely N-dealkylation sites (N-methyl/N-ethyl adjacent to an activating group) is 3. The van der Waals surface area contributed by atoms with Crippen molar-refractivity contribution < 1.29 is 14.7 Å². The summed E-state index contributed by atoms with van der Waals surface area (Å²) >= 11 is 0. The zero-order chi connectivity index (χ0) is 13.0. The number of piperidine rings is 1. The van der Waals surface area contributed by atoms with Crippen LogP contribution in [-0.2, 0) is 4.79 Å². The highest BCUT2D eigenvalue weighted by molar-refractivity contribution is 5.79. The van der Waals surface area contributed by atoms with Gasteiger partial charge in [0, 0.05) is 26.7 Å². The monoisotopic (exact) mass is 243 g/mol. The van der Waals surface area contributed by atoms with Gasteiger partial charge in [0.05, 0.1) is 0 Å². The van der Waals surface area contributed by atoms with Gasteiger partial charge in [-0.1, -0.05) is 0 Å². The molecule has 1 unspecified atom stereocenters. The van der Waals surface area contributed by atoms with Gasteiger partial charge in [-0.15, -0.1) is 0 Å². The lowest BCUT2D eigenvalue weighted by molar-refractivity contribution is -0.137. The molecular weight excluding hydrogens is 222 g/mol. The molecule has 0 saturated carbocycles. The molecule has 1 rings (SSSR count). The van der Waals surface area contributed by atoms with Crippen LogP contribution in [0.1, 0.15) is 12.8 Å². The Morgan fingerprint density at radius 3 is 2.59 bits per heavy atom. The lowest BCUT2D eigenvalue weighted by Crippen LogP contribution is -2.51. The number of carbonyl (C=O) groups is 2. The molecule has 17 heavy (non-hydrogen) atoms. The van der Waals surface area contributed by atoms with Gasteiger partial charge in [-0.25, -0.2) is 4.79 Å². The molecule has 1 heterocycles. The second-order valence-electron chi connectivity index (χ2n) is 4.70. The van der Waals surface area contributed by atoms with E-state index in [1.807, 2.05) is 7.05 Å². The number of urea groups is 1. The Kier molecular flexibility index (Phi) is 4.74. The smallest absolute Gasteiger partial charge is 0.323 e. The Bertz CT molecular complexity index is 296. The maximum atomic E-state index is 12.0. The first-order chi connectivity index (χ1) is 7.91. The quantitative estimate of drug-likeness (QED) is 0.766. The summed E-state index contributed by atoms with van der Waals surface area (Å²) in [5, 5.41) is 8.65. The highest BCUT2D eigenvalue weighted by atomic mass is 16.4. The van der Waals surface area contributed by atoms with Crippen LogP contribution in [0.15, 0.2) is 0 Å². The lowest BCUT2D eigenvalue weighted by Gasteiger charge is -2.37. The summed E-state index contributed by atoms with van der Waals surface area (Å²) in [6.45, 7) is 1.65. The van der Waals surface area contributed by atoms with E-state index < -0.39 is 5.97 Å². The summed E-state index contributed by atoms with van der Waals surface area (Å²) in [4.78, 5) is 27.6. The number of amides is 2. The predicted octanol–water partition coefficient (Wildman–Crippen LogP) is 0.149. The van der Waals surface area contributed by atoms with Crippen molar-refractivity contribution >= 4 is 12.0 Å². The molecule has 0 radical (unpaired) electrons. The molecule has 1 saturated heterocycles. The van der Waals surface area contributed by atoms with E-state index in [0.29, 0.717) is 0 Å². The van der Waals surface area contributed by atoms with E-state index in [9.17, 15) is 9.59 Å². The molecule has 0 spiro atoms. The van der Waals surface area contributed by atoms with E-state index in [2.05, 4.69) is 4.90 Å². The first-order valence-electron chi connectivity index (χ1n) is 5.80. The molecule has 6 heteroatoms. The van der Waals surface area contributed by atoms with E-state index in [-0.39, 0.29) is 18.6 Å². The molecule has 2 amide bonds. The number of rotatable bonds is 3. The number of carbonyl (C=O) groups excluding carboxylic acids is 1. The third kappa shape index (κ3) is 3.89. The molecule has 0 aromatic rings. The number of hydrogen-bond donors (Lipinski definition) is 1. The SMILES string of the molecule is CN1CCCC(N(C)C(=O)N(C)CC(=O)O)C1. The van der Waals surface area contributed by atoms with E-state index in [1.165, 1.54) is 11.9 Å². The molecule has 0 aliphatic carbocycles. The molecular formula is C11H21N3O3. The fourth-order valence-electron chi connectivity index (χ4n) is 2.15. The molecule has 98 valence electrons. The molecule has 1 fully saturated rings. The number of aliphatic carboxylic acids is 1. The van der Waals surface area contributed by atoms with Crippen LogP contribution in [0.3, 0.4) is 0 Å². The number of likely N-dealkylation sites (tertiary alicyclic amines) is 1. The third-order valence-corrected chi connectivity index (χ3v) is 3.15. The van der Waals surface area contributed by atoms with Crippen LogP contribution >= 0.6 is 0 Å². The van der Waals surface area contributed by atoms with E-state index in [4.69, 9.17) is 5.11 Å². The van der Waals surface area contributed by atoms with Gasteiger partial charge in [-0.2, -0.15) is 0 Å². The highest BCUT2D eigenvalue weighted by Crippen LogP contribution is 2.14. The van der Waals surface area contributed by atoms with Crippen molar-refractivity contribution in [1.29, 1.82) is 0 Å². The maximum absolute atomic E-state index is 12.0. The van der Waals surface area contributed by atoms with Crippen molar-refractivity contribution in [3.8, 4) is 0 Å². The summed E-state index contributed by atoms with van der Waals surface area (Å²) < 4.78 is 0. The lowest BCUT2D eigenvalue weighted by atomic mass is 10.1. The summed E-state index contributed by atoms with van der Waals surface area (Å²) in [5.74, 6) is -0.991. The second-order valence-corrected chi connectivity index (χ2v) is 4.70. The van der Waals surface area contributed by atoms with Crippen molar-refractivity contribution in [2.24, 2.45) is 0 Å². The summed E-state index contributed by atoms with van der Waals surface area (Å²) in [6.07, 6.45) is 2.05. The van der Waals surface area contributed by atoms with E-state index in [0.717, 1.165) is 25.9 Å². The van der Waals surface area contributed by atoms with E-state index in [1.54, 1.807) is 11.9 Å². The van der Waals surface area contributed by atoms with Gasteiger partial charge >= 0.3 is 12.0 Å². The van der Waals surface area contributed by atoms with Crippen LogP contribution < -0.4 is 0 Å². The summed E-state index contributed by atoms with van der Waals surface area (Å²) in [6, 6.07) is -0.0507. The summed E-state index contributed by atoms with van der Waals surface area (Å²) in [7, 11) is 5.29. The molecule has 0 bridgehead atoms. The first kappa shape index (κ1) is 13.8. The zero-order valence-corrected chi connectivity index (χ0v) is 10.7. The van der Waals surface area contributed by atoms with Gasteiger partial charge in [0.1, 0.15) is 6.54 Å². The average molecular weight is 243 g/mol. The first-order valence-corrected chi connectivity index (χ1v) is 5.80. The van der Waals surface area contributed by atoms with Crippen molar-refractivity contribution in [2.75, 3.05) is 40.8 Å². The molecule has 1 aliphatic heterocycles. The Labute approximate surface area is 102 Å². The van der Waals surface area contributed by atoms with Crippen molar-refractivity contribution in [1.82, 2.24) is 14.7 Å². The minimum Gasteiger partial charge on any atom is -0.480 e.